The molecule has 2 aromatic carbocycles. The Bertz CT molecular complexity index is 953. The van der Waals surface area contributed by atoms with Gasteiger partial charge in [-0.1, -0.05) is 23.7 Å². The van der Waals surface area contributed by atoms with Crippen molar-refractivity contribution in [2.75, 3.05) is 6.61 Å². The standard InChI is InChI=1S/C21H17ClF6O3/c22-19-16(11-1-4-14(5-2-11)21(26,27)28)8-13(9-17(19)31-10-20(23,24)25)15-7-12(15)3-6-18(29)30/h1-2,4-5,8-9,12,15H,3,6-7,10H2,(H,29,30). The van der Waals surface area contributed by atoms with Crippen molar-refractivity contribution in [1.29, 1.82) is 0 Å². The van der Waals surface area contributed by atoms with Crippen LogP contribution in [0.5, 0.6) is 5.75 Å². The van der Waals surface area contributed by atoms with Crippen LogP contribution in [0.3, 0.4) is 0 Å². The van der Waals surface area contributed by atoms with Crippen LogP contribution in [0.25, 0.3) is 11.1 Å². The van der Waals surface area contributed by atoms with Crippen molar-refractivity contribution < 1.29 is 41.0 Å². The lowest BCUT2D eigenvalue weighted by atomic mass is 9.98. The molecule has 1 saturated carbocycles. The molecule has 0 saturated heterocycles. The highest BCUT2D eigenvalue weighted by Crippen LogP contribution is 2.52. The molecule has 0 aliphatic heterocycles. The monoisotopic (exact) mass is 466 g/mol. The highest BCUT2D eigenvalue weighted by atomic mass is 35.5. The van der Waals surface area contributed by atoms with Crippen molar-refractivity contribution in [3.8, 4) is 16.9 Å². The smallest absolute Gasteiger partial charge is 0.422 e. The number of hydrogen-bond acceptors (Lipinski definition) is 2. The fourth-order valence-corrected chi connectivity index (χ4v) is 3.70. The number of rotatable bonds is 7. The predicted molar refractivity (Wildman–Crippen MR) is 101 cm³/mol. The average molecular weight is 467 g/mol. The van der Waals surface area contributed by atoms with E-state index in [1.807, 2.05) is 0 Å². The molecule has 0 amide bonds. The molecule has 3 nitrogen and oxygen atoms in total. The van der Waals surface area contributed by atoms with E-state index in [0.29, 0.717) is 24.0 Å². The van der Waals surface area contributed by atoms with E-state index in [2.05, 4.69) is 0 Å². The molecule has 1 aliphatic carbocycles. The van der Waals surface area contributed by atoms with Gasteiger partial charge in [0.1, 0.15) is 5.75 Å². The van der Waals surface area contributed by atoms with E-state index in [4.69, 9.17) is 21.4 Å². The first kappa shape index (κ1) is 23.2. The van der Waals surface area contributed by atoms with Gasteiger partial charge in [0, 0.05) is 12.0 Å². The molecule has 0 aromatic heterocycles. The van der Waals surface area contributed by atoms with Crippen molar-refractivity contribution in [2.45, 2.75) is 37.5 Å². The summed E-state index contributed by atoms with van der Waals surface area (Å²) in [6, 6.07) is 7.10. The Labute approximate surface area is 178 Å². The first-order chi connectivity index (χ1) is 14.3. The molecule has 10 heteroatoms. The van der Waals surface area contributed by atoms with E-state index in [1.165, 1.54) is 18.2 Å². The molecule has 1 fully saturated rings. The zero-order chi connectivity index (χ0) is 23.0. The molecule has 3 rings (SSSR count). The SMILES string of the molecule is O=C(O)CCC1CC1c1cc(OCC(F)(F)F)c(Cl)c(-c2ccc(C(F)(F)F)cc2)c1. The lowest BCUT2D eigenvalue weighted by Gasteiger charge is -2.16. The number of alkyl halides is 6. The lowest BCUT2D eigenvalue weighted by Crippen LogP contribution is -2.19. The number of carboxylic acids is 1. The summed E-state index contributed by atoms with van der Waals surface area (Å²) < 4.78 is 81.3. The molecule has 2 unspecified atom stereocenters. The van der Waals surface area contributed by atoms with Gasteiger partial charge < -0.3 is 9.84 Å². The van der Waals surface area contributed by atoms with Gasteiger partial charge in [-0.25, -0.2) is 0 Å². The topological polar surface area (TPSA) is 46.5 Å². The number of benzene rings is 2. The normalized spacial score (nSPS) is 18.7. The van der Waals surface area contributed by atoms with Crippen LogP contribution >= 0.6 is 11.6 Å². The third kappa shape index (κ3) is 6.06. The zero-order valence-corrected chi connectivity index (χ0v) is 16.6. The summed E-state index contributed by atoms with van der Waals surface area (Å²) in [6.07, 6.45) is -8.09. The molecule has 0 heterocycles. The minimum atomic E-state index is -4.60. The largest absolute Gasteiger partial charge is 0.483 e. The minimum Gasteiger partial charge on any atom is -0.483 e. The fourth-order valence-electron chi connectivity index (χ4n) is 3.43. The van der Waals surface area contributed by atoms with Crippen LogP contribution in [-0.2, 0) is 11.0 Å². The van der Waals surface area contributed by atoms with Crippen molar-refractivity contribution in [3.05, 3.63) is 52.5 Å². The van der Waals surface area contributed by atoms with E-state index >= 15 is 0 Å². The van der Waals surface area contributed by atoms with Gasteiger partial charge in [0.15, 0.2) is 6.61 Å². The van der Waals surface area contributed by atoms with Gasteiger partial charge in [-0.15, -0.1) is 0 Å². The summed E-state index contributed by atoms with van der Waals surface area (Å²) in [5, 5.41) is 8.68. The number of carbonyl (C=O) groups is 1. The second-order valence-electron chi connectivity index (χ2n) is 7.39. The van der Waals surface area contributed by atoms with Crippen LogP contribution in [0.4, 0.5) is 26.3 Å². The van der Waals surface area contributed by atoms with Crippen LogP contribution in [-0.4, -0.2) is 23.9 Å². The number of aliphatic carboxylic acids is 1. The molecule has 2 aromatic rings. The highest BCUT2D eigenvalue weighted by Gasteiger charge is 2.39. The molecule has 0 bridgehead atoms. The van der Waals surface area contributed by atoms with Crippen molar-refractivity contribution >= 4 is 17.6 Å². The summed E-state index contributed by atoms with van der Waals surface area (Å²) in [5.74, 6) is -1.21. The highest BCUT2D eigenvalue weighted by molar-refractivity contribution is 6.34. The Kier molecular flexibility index (Phi) is 6.45. The second kappa shape index (κ2) is 8.61. The Balaban J connectivity index is 1.94. The van der Waals surface area contributed by atoms with E-state index in [-0.39, 0.29) is 34.6 Å². The van der Waals surface area contributed by atoms with Gasteiger partial charge in [-0.05, 0) is 60.1 Å². The predicted octanol–water partition coefficient (Wildman–Crippen LogP) is 6.94. The van der Waals surface area contributed by atoms with Crippen LogP contribution in [0.15, 0.2) is 36.4 Å². The maximum atomic E-state index is 12.8. The van der Waals surface area contributed by atoms with E-state index in [9.17, 15) is 31.1 Å². The minimum absolute atomic E-state index is 0.0298. The summed E-state index contributed by atoms with van der Waals surface area (Å²) in [6.45, 7) is -1.57. The first-order valence-corrected chi connectivity index (χ1v) is 9.65. The number of carboxylic acid groups (broad SMARTS) is 1. The van der Waals surface area contributed by atoms with Crippen LogP contribution < -0.4 is 4.74 Å². The van der Waals surface area contributed by atoms with Gasteiger partial charge in [-0.2, -0.15) is 26.3 Å². The molecule has 31 heavy (non-hydrogen) atoms. The van der Waals surface area contributed by atoms with Crippen molar-refractivity contribution in [1.82, 2.24) is 0 Å². The summed E-state index contributed by atoms with van der Waals surface area (Å²) in [4.78, 5) is 10.8. The number of halogens is 7. The van der Waals surface area contributed by atoms with Crippen molar-refractivity contribution in [2.24, 2.45) is 5.92 Å². The number of ether oxygens (including phenoxy) is 1. The summed E-state index contributed by atoms with van der Waals surface area (Å²) >= 11 is 6.25. The Morgan fingerprint density at radius 2 is 1.74 bits per heavy atom. The molecule has 0 radical (unpaired) electrons. The summed E-state index contributed by atoms with van der Waals surface area (Å²) in [5.41, 5.74) is 0.272. The van der Waals surface area contributed by atoms with Crippen LogP contribution in [0, 0.1) is 5.92 Å². The maximum Gasteiger partial charge on any atom is 0.422 e. The van der Waals surface area contributed by atoms with Gasteiger partial charge in [0.2, 0.25) is 0 Å². The molecule has 1 N–H and O–H groups in total. The van der Waals surface area contributed by atoms with Crippen LogP contribution in [0.1, 0.15) is 36.3 Å². The molecule has 168 valence electrons. The van der Waals surface area contributed by atoms with Gasteiger partial charge >= 0.3 is 18.3 Å². The number of hydrogen-bond donors (Lipinski definition) is 1. The van der Waals surface area contributed by atoms with E-state index in [0.717, 1.165) is 12.1 Å². The third-order valence-electron chi connectivity index (χ3n) is 5.06. The molecule has 2 atom stereocenters. The Hall–Kier alpha value is -2.42. The van der Waals surface area contributed by atoms with E-state index in [1.54, 1.807) is 6.07 Å². The van der Waals surface area contributed by atoms with Gasteiger partial charge in [0.25, 0.3) is 0 Å². The second-order valence-corrected chi connectivity index (χ2v) is 7.77. The lowest BCUT2D eigenvalue weighted by molar-refractivity contribution is -0.153. The van der Waals surface area contributed by atoms with Gasteiger partial charge in [0.05, 0.1) is 10.6 Å². The van der Waals surface area contributed by atoms with Crippen LogP contribution in [0.2, 0.25) is 5.02 Å². The first-order valence-electron chi connectivity index (χ1n) is 9.27. The van der Waals surface area contributed by atoms with Crippen molar-refractivity contribution in [3.63, 3.8) is 0 Å². The average Bonchev–Trinajstić information content (AvgIpc) is 3.44. The molecule has 1 aliphatic rings. The Morgan fingerprint density at radius 1 is 1.10 bits per heavy atom. The molecule has 0 spiro atoms. The third-order valence-corrected chi connectivity index (χ3v) is 5.45. The van der Waals surface area contributed by atoms with E-state index < -0.39 is 30.5 Å². The quantitative estimate of drug-likeness (QED) is 0.450. The maximum absolute atomic E-state index is 12.8. The zero-order valence-electron chi connectivity index (χ0n) is 15.9. The van der Waals surface area contributed by atoms with Gasteiger partial charge in [-0.3, -0.25) is 4.79 Å². The fraction of sp³-hybridized carbons (Fsp3) is 0.381. The Morgan fingerprint density at radius 3 is 2.29 bits per heavy atom. The molecular weight excluding hydrogens is 450 g/mol. The molecular formula is C21H17ClF6O3. The summed E-state index contributed by atoms with van der Waals surface area (Å²) in [7, 11) is 0.